The molecule has 0 radical (unpaired) electrons. The highest BCUT2D eigenvalue weighted by atomic mass is 31.2. The normalized spacial score (nSPS) is 11.5. The largest absolute Gasteiger partial charge is 0.458 e. The maximum atomic E-state index is 12.2. The maximum absolute atomic E-state index is 12.2. The Morgan fingerprint density at radius 1 is 1.29 bits per heavy atom. The number of esters is 1. The van der Waals surface area contributed by atoms with Crippen LogP contribution in [0.1, 0.15) is 34.7 Å². The number of carbonyl (C=O) groups is 2. The quantitative estimate of drug-likeness (QED) is 0.433. The van der Waals surface area contributed by atoms with Crippen molar-refractivity contribution in [3.8, 4) is 0 Å². The number of ketones is 1. The molecular weight excluding hydrogens is 297 g/mol. The third kappa shape index (κ3) is 4.74. The highest BCUT2D eigenvalue weighted by Gasteiger charge is 2.29. The predicted molar refractivity (Wildman–Crippen MR) is 75.6 cm³/mol. The van der Waals surface area contributed by atoms with Crippen LogP contribution >= 0.6 is 7.60 Å². The maximum Gasteiger partial charge on any atom is 0.357 e. The van der Waals surface area contributed by atoms with Gasteiger partial charge in [0.15, 0.2) is 11.5 Å². The molecule has 1 aromatic heterocycles. The Bertz CT molecular complexity index is 564. The summed E-state index contributed by atoms with van der Waals surface area (Å²) in [5.74, 6) is -1.27. The van der Waals surface area contributed by atoms with E-state index in [1.54, 1.807) is 13.8 Å². The van der Waals surface area contributed by atoms with E-state index in [9.17, 15) is 14.2 Å². The average molecular weight is 315 g/mol. The zero-order valence-electron chi connectivity index (χ0n) is 12.4. The zero-order chi connectivity index (χ0) is 16.0. The lowest BCUT2D eigenvalue weighted by Crippen LogP contribution is -2.19. The molecule has 21 heavy (non-hydrogen) atoms. The molecule has 0 atom stereocenters. The van der Waals surface area contributed by atoms with Crippen LogP contribution in [0.5, 0.6) is 0 Å². The topological polar surface area (TPSA) is 91.8 Å². The fourth-order valence-corrected chi connectivity index (χ4v) is 2.46. The summed E-state index contributed by atoms with van der Waals surface area (Å²) in [5, 5.41) is 0. The second-order valence-corrected chi connectivity index (χ2v) is 6.68. The van der Waals surface area contributed by atoms with Gasteiger partial charge in [-0.15, -0.1) is 0 Å². The predicted octanol–water partition coefficient (Wildman–Crippen LogP) is 2.32. The number of Topliss-reactive ketones (excluding diaryl/α,β-unsaturated/α-hetero) is 1. The molecule has 1 aromatic rings. The molecule has 0 aliphatic rings. The molecule has 0 aliphatic carbocycles. The minimum atomic E-state index is -3.51. The number of rotatable bonds is 7. The zero-order valence-corrected chi connectivity index (χ0v) is 13.3. The molecule has 0 amide bonds. The molecule has 0 fully saturated rings. The van der Waals surface area contributed by atoms with Gasteiger partial charge in [0.25, 0.3) is 0 Å². The summed E-state index contributed by atoms with van der Waals surface area (Å²) in [7, 11) is -1.13. The van der Waals surface area contributed by atoms with Gasteiger partial charge in [-0.3, -0.25) is 9.36 Å². The fourth-order valence-electron chi connectivity index (χ4n) is 1.53. The third-order valence-corrected chi connectivity index (χ3v) is 4.33. The van der Waals surface area contributed by atoms with E-state index in [2.05, 4.69) is 4.98 Å². The number of nitrogens with zero attached hydrogens (tertiary/aromatic N) is 1. The Morgan fingerprint density at radius 3 is 2.43 bits per heavy atom. The van der Waals surface area contributed by atoms with Crippen LogP contribution in [0.2, 0.25) is 0 Å². The first kappa shape index (κ1) is 17.5. The SMILES string of the molecule is COP(=O)(CC(=O)c1cccnc1C(=O)OC(C)C)OC. The summed E-state index contributed by atoms with van der Waals surface area (Å²) in [6.07, 6.45) is 0.555. The summed E-state index contributed by atoms with van der Waals surface area (Å²) in [5.41, 5.74) is -0.0903. The highest BCUT2D eigenvalue weighted by molar-refractivity contribution is 7.54. The summed E-state index contributed by atoms with van der Waals surface area (Å²) in [6, 6.07) is 2.92. The third-order valence-electron chi connectivity index (χ3n) is 2.54. The Labute approximate surface area is 123 Å². The minimum Gasteiger partial charge on any atom is -0.458 e. The lowest BCUT2D eigenvalue weighted by atomic mass is 10.1. The van der Waals surface area contributed by atoms with Crippen LogP contribution in [-0.2, 0) is 18.3 Å². The molecular formula is C13H18NO6P. The molecule has 1 heterocycles. The van der Waals surface area contributed by atoms with E-state index >= 15 is 0 Å². The molecule has 0 bridgehead atoms. The van der Waals surface area contributed by atoms with Crippen molar-refractivity contribution in [2.24, 2.45) is 0 Å². The van der Waals surface area contributed by atoms with Gasteiger partial charge in [-0.2, -0.15) is 0 Å². The van der Waals surface area contributed by atoms with Gasteiger partial charge in [0.1, 0.15) is 6.16 Å². The summed E-state index contributed by atoms with van der Waals surface area (Å²) in [6.45, 7) is 3.37. The van der Waals surface area contributed by atoms with E-state index in [-0.39, 0.29) is 17.4 Å². The summed E-state index contributed by atoms with van der Waals surface area (Å²) in [4.78, 5) is 28.0. The highest BCUT2D eigenvalue weighted by Crippen LogP contribution is 2.46. The summed E-state index contributed by atoms with van der Waals surface area (Å²) >= 11 is 0. The molecule has 1 rings (SSSR count). The number of aromatic nitrogens is 1. The van der Waals surface area contributed by atoms with Gasteiger partial charge in [-0.05, 0) is 26.0 Å². The molecule has 0 N–H and O–H groups in total. The van der Waals surface area contributed by atoms with Gasteiger partial charge in [0.05, 0.1) is 11.7 Å². The van der Waals surface area contributed by atoms with Gasteiger partial charge in [0.2, 0.25) is 0 Å². The van der Waals surface area contributed by atoms with Crippen LogP contribution in [0.4, 0.5) is 0 Å². The van der Waals surface area contributed by atoms with Gasteiger partial charge >= 0.3 is 13.6 Å². The summed E-state index contributed by atoms with van der Waals surface area (Å²) < 4.78 is 26.5. The van der Waals surface area contributed by atoms with Crippen molar-refractivity contribution in [1.82, 2.24) is 4.98 Å². The standard InChI is InChI=1S/C13H18NO6P/c1-9(2)20-13(16)12-10(6-5-7-14-12)11(15)8-21(17,18-3)19-4/h5-7,9H,8H2,1-4H3. The lowest BCUT2D eigenvalue weighted by Gasteiger charge is -2.14. The Kier molecular flexibility index (Phi) is 6.20. The fraction of sp³-hybridized carbons (Fsp3) is 0.462. The second-order valence-electron chi connectivity index (χ2n) is 4.41. The van der Waals surface area contributed by atoms with Crippen molar-refractivity contribution in [2.45, 2.75) is 20.0 Å². The van der Waals surface area contributed by atoms with Crippen molar-refractivity contribution >= 4 is 19.3 Å². The Morgan fingerprint density at radius 2 is 1.90 bits per heavy atom. The van der Waals surface area contributed by atoms with E-state index in [4.69, 9.17) is 13.8 Å². The van der Waals surface area contributed by atoms with Crippen LogP contribution in [0.15, 0.2) is 18.3 Å². The number of hydrogen-bond donors (Lipinski definition) is 0. The molecule has 0 spiro atoms. The number of hydrogen-bond acceptors (Lipinski definition) is 7. The monoisotopic (exact) mass is 315 g/mol. The van der Waals surface area contributed by atoms with E-state index < -0.39 is 25.5 Å². The molecule has 0 saturated carbocycles. The van der Waals surface area contributed by atoms with Crippen molar-refractivity contribution in [3.05, 3.63) is 29.6 Å². The van der Waals surface area contributed by atoms with E-state index in [0.29, 0.717) is 0 Å². The van der Waals surface area contributed by atoms with Crippen molar-refractivity contribution < 1.29 is 27.9 Å². The van der Waals surface area contributed by atoms with E-state index in [1.165, 1.54) is 32.5 Å². The van der Waals surface area contributed by atoms with Gasteiger partial charge < -0.3 is 13.8 Å². The Balaban J connectivity index is 3.06. The first-order valence-corrected chi connectivity index (χ1v) is 7.95. The van der Waals surface area contributed by atoms with Crippen LogP contribution in [-0.4, -0.2) is 43.2 Å². The van der Waals surface area contributed by atoms with Crippen molar-refractivity contribution in [1.29, 1.82) is 0 Å². The van der Waals surface area contributed by atoms with Gasteiger partial charge in [-0.25, -0.2) is 9.78 Å². The van der Waals surface area contributed by atoms with Crippen LogP contribution in [0.3, 0.4) is 0 Å². The molecule has 116 valence electrons. The van der Waals surface area contributed by atoms with Gasteiger partial charge in [-0.1, -0.05) is 0 Å². The number of ether oxygens (including phenoxy) is 1. The molecule has 0 saturated heterocycles. The number of carbonyl (C=O) groups excluding carboxylic acids is 2. The minimum absolute atomic E-state index is 0.0254. The van der Waals surface area contributed by atoms with Crippen molar-refractivity contribution in [2.75, 3.05) is 20.4 Å². The number of pyridine rings is 1. The van der Waals surface area contributed by atoms with E-state index in [0.717, 1.165) is 0 Å². The van der Waals surface area contributed by atoms with Gasteiger partial charge in [0, 0.05) is 20.4 Å². The lowest BCUT2D eigenvalue weighted by molar-refractivity contribution is 0.0368. The van der Waals surface area contributed by atoms with Crippen LogP contribution in [0.25, 0.3) is 0 Å². The van der Waals surface area contributed by atoms with Crippen molar-refractivity contribution in [3.63, 3.8) is 0 Å². The van der Waals surface area contributed by atoms with E-state index in [1.807, 2.05) is 0 Å². The first-order valence-electron chi connectivity index (χ1n) is 6.22. The average Bonchev–Trinajstić information content (AvgIpc) is 2.46. The van der Waals surface area contributed by atoms with Crippen LogP contribution in [0, 0.1) is 0 Å². The Hall–Kier alpha value is -1.56. The molecule has 0 unspecified atom stereocenters. The molecule has 0 aliphatic heterocycles. The second kappa shape index (κ2) is 7.45. The first-order chi connectivity index (χ1) is 9.83. The molecule has 7 nitrogen and oxygen atoms in total. The van der Waals surface area contributed by atoms with Crippen LogP contribution < -0.4 is 0 Å². The smallest absolute Gasteiger partial charge is 0.357 e. The molecule has 0 aromatic carbocycles. The molecule has 8 heteroatoms.